The first-order valence-corrected chi connectivity index (χ1v) is 7.72. The summed E-state index contributed by atoms with van der Waals surface area (Å²) in [5.74, 6) is 0.640. The molecule has 1 aliphatic rings. The van der Waals surface area contributed by atoms with Crippen molar-refractivity contribution in [2.24, 2.45) is 0 Å². The Balaban J connectivity index is 1.63. The highest BCUT2D eigenvalue weighted by atomic mass is 16.2. The first kappa shape index (κ1) is 14.6. The Bertz CT molecular complexity index is 997. The maximum Gasteiger partial charge on any atom is 0.316 e. The van der Waals surface area contributed by atoms with Crippen molar-refractivity contribution in [1.29, 1.82) is 0 Å². The van der Waals surface area contributed by atoms with Gasteiger partial charge in [0, 0.05) is 24.1 Å². The Labute approximate surface area is 137 Å². The van der Waals surface area contributed by atoms with Gasteiger partial charge in [0.2, 0.25) is 0 Å². The Morgan fingerprint density at radius 3 is 2.71 bits per heavy atom. The van der Waals surface area contributed by atoms with Crippen LogP contribution in [0.4, 0.5) is 0 Å². The summed E-state index contributed by atoms with van der Waals surface area (Å²) < 4.78 is 4.43. The molecule has 3 aromatic heterocycles. The summed E-state index contributed by atoms with van der Waals surface area (Å²) >= 11 is 0. The van der Waals surface area contributed by atoms with Crippen LogP contribution in [-0.4, -0.2) is 29.1 Å². The van der Waals surface area contributed by atoms with Gasteiger partial charge in [-0.3, -0.25) is 9.59 Å². The molecule has 0 amide bonds. The highest BCUT2D eigenvalue weighted by Crippen LogP contribution is 2.41. The summed E-state index contributed by atoms with van der Waals surface area (Å²) in [7, 11) is 0. The normalized spacial score (nSPS) is 15.4. The van der Waals surface area contributed by atoms with E-state index in [0.29, 0.717) is 11.5 Å². The van der Waals surface area contributed by atoms with Gasteiger partial charge in [-0.1, -0.05) is 11.3 Å². The molecule has 4 rings (SSSR count). The van der Waals surface area contributed by atoms with E-state index >= 15 is 0 Å². The smallest absolute Gasteiger partial charge is 0.304 e. The van der Waals surface area contributed by atoms with Crippen LogP contribution in [0.3, 0.4) is 0 Å². The van der Waals surface area contributed by atoms with E-state index in [2.05, 4.69) is 15.3 Å². The minimum Gasteiger partial charge on any atom is -0.304 e. The lowest BCUT2D eigenvalue weighted by Crippen LogP contribution is -2.43. The molecule has 0 bridgehead atoms. The topological polar surface area (TPSA) is 87.6 Å². The highest BCUT2D eigenvalue weighted by molar-refractivity contribution is 5.20. The van der Waals surface area contributed by atoms with Crippen LogP contribution in [0, 0.1) is 0 Å². The highest BCUT2D eigenvalue weighted by Gasteiger charge is 2.40. The maximum atomic E-state index is 12.3. The molecule has 0 atom stereocenters. The predicted octanol–water partition coefficient (Wildman–Crippen LogP) is 0.543. The van der Waals surface area contributed by atoms with Crippen LogP contribution in [0.2, 0.25) is 0 Å². The number of rotatable bonds is 4. The summed E-state index contributed by atoms with van der Waals surface area (Å²) in [4.78, 5) is 28.8. The van der Waals surface area contributed by atoms with Crippen LogP contribution < -0.4 is 11.1 Å². The molecule has 24 heavy (non-hydrogen) atoms. The largest absolute Gasteiger partial charge is 0.316 e. The number of hydrogen-bond acceptors (Lipinski definition) is 5. The first-order valence-electron chi connectivity index (χ1n) is 7.72. The minimum absolute atomic E-state index is 0.193. The van der Waals surface area contributed by atoms with E-state index in [-0.39, 0.29) is 12.1 Å². The van der Waals surface area contributed by atoms with Crippen molar-refractivity contribution in [2.75, 3.05) is 0 Å². The van der Waals surface area contributed by atoms with E-state index in [1.807, 2.05) is 25.1 Å². The van der Waals surface area contributed by atoms with Gasteiger partial charge in [-0.15, -0.1) is 5.10 Å². The SMILES string of the molecule is CC1(n2ccn(Cc3cn(-c4ccccn4)nn3)c(=O)c2=O)CC1. The van der Waals surface area contributed by atoms with Gasteiger partial charge in [0.25, 0.3) is 0 Å². The van der Waals surface area contributed by atoms with E-state index in [1.165, 1.54) is 13.8 Å². The van der Waals surface area contributed by atoms with Crippen LogP contribution in [0.5, 0.6) is 0 Å². The molecule has 1 saturated carbocycles. The number of aromatic nitrogens is 6. The molecule has 0 N–H and O–H groups in total. The van der Waals surface area contributed by atoms with Crippen molar-refractivity contribution in [1.82, 2.24) is 29.1 Å². The van der Waals surface area contributed by atoms with Crippen molar-refractivity contribution < 1.29 is 0 Å². The lowest BCUT2D eigenvalue weighted by molar-refractivity contribution is 0.495. The van der Waals surface area contributed by atoms with Crippen LogP contribution in [0.25, 0.3) is 5.82 Å². The number of nitrogens with zero attached hydrogens (tertiary/aromatic N) is 6. The second-order valence-corrected chi connectivity index (χ2v) is 6.25. The predicted molar refractivity (Wildman–Crippen MR) is 86.1 cm³/mol. The van der Waals surface area contributed by atoms with Crippen molar-refractivity contribution in [3.05, 3.63) is 69.4 Å². The van der Waals surface area contributed by atoms with E-state index in [9.17, 15) is 9.59 Å². The second-order valence-electron chi connectivity index (χ2n) is 6.25. The Hall–Kier alpha value is -3.03. The molecule has 122 valence electrons. The third kappa shape index (κ3) is 2.45. The van der Waals surface area contributed by atoms with Crippen molar-refractivity contribution >= 4 is 0 Å². The Morgan fingerprint density at radius 2 is 2.00 bits per heavy atom. The van der Waals surface area contributed by atoms with Gasteiger partial charge in [0.15, 0.2) is 5.82 Å². The van der Waals surface area contributed by atoms with E-state index < -0.39 is 11.1 Å². The fourth-order valence-electron chi connectivity index (χ4n) is 2.63. The van der Waals surface area contributed by atoms with E-state index in [4.69, 9.17) is 0 Å². The molecule has 1 aliphatic carbocycles. The van der Waals surface area contributed by atoms with Gasteiger partial charge in [-0.05, 0) is 31.9 Å². The molecule has 3 aromatic rings. The lowest BCUT2D eigenvalue weighted by atomic mass is 10.3. The van der Waals surface area contributed by atoms with Gasteiger partial charge in [-0.2, -0.15) is 0 Å². The molecule has 3 heterocycles. The lowest BCUT2D eigenvalue weighted by Gasteiger charge is -2.13. The van der Waals surface area contributed by atoms with Crippen LogP contribution in [0.15, 0.2) is 52.6 Å². The fraction of sp³-hybridized carbons (Fsp3) is 0.312. The van der Waals surface area contributed by atoms with E-state index in [1.54, 1.807) is 24.8 Å². The Morgan fingerprint density at radius 1 is 1.17 bits per heavy atom. The monoisotopic (exact) mass is 324 g/mol. The summed E-state index contributed by atoms with van der Waals surface area (Å²) in [5.41, 5.74) is -0.651. The van der Waals surface area contributed by atoms with Crippen LogP contribution in [-0.2, 0) is 12.1 Å². The summed E-state index contributed by atoms with van der Waals surface area (Å²) in [6.07, 6.45) is 8.53. The first-order chi connectivity index (χ1) is 11.6. The van der Waals surface area contributed by atoms with Crippen molar-refractivity contribution in [2.45, 2.75) is 31.8 Å². The van der Waals surface area contributed by atoms with Gasteiger partial charge in [-0.25, -0.2) is 9.67 Å². The van der Waals surface area contributed by atoms with Gasteiger partial charge < -0.3 is 9.13 Å². The number of hydrogen-bond donors (Lipinski definition) is 0. The molecule has 0 radical (unpaired) electrons. The average molecular weight is 324 g/mol. The fourth-order valence-corrected chi connectivity index (χ4v) is 2.63. The third-order valence-electron chi connectivity index (χ3n) is 4.37. The maximum absolute atomic E-state index is 12.3. The average Bonchev–Trinajstić information content (AvgIpc) is 3.17. The van der Waals surface area contributed by atoms with Crippen LogP contribution in [0.1, 0.15) is 25.5 Å². The van der Waals surface area contributed by atoms with Gasteiger partial charge >= 0.3 is 11.1 Å². The summed E-state index contributed by atoms with van der Waals surface area (Å²) in [6.45, 7) is 2.18. The van der Waals surface area contributed by atoms with Crippen molar-refractivity contribution in [3.63, 3.8) is 0 Å². The third-order valence-corrected chi connectivity index (χ3v) is 4.37. The number of pyridine rings is 1. The van der Waals surface area contributed by atoms with Crippen LogP contribution >= 0.6 is 0 Å². The molecule has 0 aromatic carbocycles. The minimum atomic E-state index is -0.544. The molecular formula is C16H16N6O2. The molecule has 8 nitrogen and oxygen atoms in total. The summed E-state index contributed by atoms with van der Waals surface area (Å²) in [6, 6.07) is 5.48. The summed E-state index contributed by atoms with van der Waals surface area (Å²) in [5, 5.41) is 8.05. The molecule has 0 unspecified atom stereocenters. The molecule has 8 heteroatoms. The Kier molecular flexibility index (Phi) is 3.19. The molecule has 0 spiro atoms. The van der Waals surface area contributed by atoms with Crippen molar-refractivity contribution in [3.8, 4) is 5.82 Å². The van der Waals surface area contributed by atoms with Gasteiger partial charge in [0.1, 0.15) is 5.69 Å². The standard InChI is InChI=1S/C16H16N6O2/c1-16(5-6-16)21-9-8-20(14(23)15(21)24)10-12-11-22(19-18-12)13-4-2-3-7-17-13/h2-4,7-9,11H,5-6,10H2,1H3. The molecular weight excluding hydrogens is 308 g/mol. The van der Waals surface area contributed by atoms with Gasteiger partial charge in [0.05, 0.1) is 12.7 Å². The molecule has 1 fully saturated rings. The van der Waals surface area contributed by atoms with E-state index in [0.717, 1.165) is 12.8 Å². The molecule has 0 saturated heterocycles. The quantitative estimate of drug-likeness (QED) is 0.654. The second kappa shape index (κ2) is 5.26. The molecule has 0 aliphatic heterocycles. The zero-order chi connectivity index (χ0) is 16.7. The zero-order valence-electron chi connectivity index (χ0n) is 13.2. The zero-order valence-corrected chi connectivity index (χ0v) is 13.2.